The van der Waals surface area contributed by atoms with Crippen LogP contribution < -0.4 is 10.6 Å². The van der Waals surface area contributed by atoms with Crippen molar-refractivity contribution in [1.82, 2.24) is 10.2 Å². The second-order valence-corrected chi connectivity index (χ2v) is 8.05. The Labute approximate surface area is 180 Å². The summed E-state index contributed by atoms with van der Waals surface area (Å²) in [6.45, 7) is 3.37. The number of nitro benzene ring substituents is 1. The smallest absolute Gasteiger partial charge is 0.269 e. The van der Waals surface area contributed by atoms with Crippen molar-refractivity contribution >= 4 is 34.3 Å². The molecule has 1 saturated heterocycles. The van der Waals surface area contributed by atoms with Crippen LogP contribution in [0.3, 0.4) is 0 Å². The third kappa shape index (κ3) is 4.20. The highest BCUT2D eigenvalue weighted by Crippen LogP contribution is 2.37. The Kier molecular flexibility index (Phi) is 5.56. The van der Waals surface area contributed by atoms with Gasteiger partial charge < -0.3 is 15.5 Å². The molecule has 8 heteroatoms. The van der Waals surface area contributed by atoms with Gasteiger partial charge in [0.05, 0.1) is 16.2 Å². The summed E-state index contributed by atoms with van der Waals surface area (Å²) >= 11 is 0. The molecule has 0 bridgehead atoms. The number of nitro groups is 1. The minimum Gasteiger partial charge on any atom is -0.381 e. The molecule has 1 amide bonds. The van der Waals surface area contributed by atoms with E-state index in [1.165, 1.54) is 19.1 Å². The van der Waals surface area contributed by atoms with Gasteiger partial charge in [-0.2, -0.15) is 0 Å². The van der Waals surface area contributed by atoms with Gasteiger partial charge in [0.25, 0.3) is 11.6 Å². The zero-order chi connectivity index (χ0) is 22.1. The van der Waals surface area contributed by atoms with E-state index >= 15 is 0 Å². The van der Waals surface area contributed by atoms with Crippen molar-refractivity contribution in [2.75, 3.05) is 25.5 Å². The Balaban J connectivity index is 1.83. The zero-order valence-electron chi connectivity index (χ0n) is 17.5. The fourth-order valence-electron chi connectivity index (χ4n) is 4.04. The Morgan fingerprint density at radius 1 is 1.13 bits per heavy atom. The minimum atomic E-state index is -0.447. The van der Waals surface area contributed by atoms with Crippen molar-refractivity contribution in [2.24, 2.45) is 0 Å². The summed E-state index contributed by atoms with van der Waals surface area (Å²) in [5.41, 5.74) is 3.58. The summed E-state index contributed by atoms with van der Waals surface area (Å²) in [5.74, 6) is -0.342. The minimum absolute atomic E-state index is 0.0115. The maximum absolute atomic E-state index is 13.0. The molecular weight excluding hydrogens is 396 g/mol. The number of hydrogen-bond donors (Lipinski definition) is 2. The second kappa shape index (κ2) is 8.31. The van der Waals surface area contributed by atoms with E-state index in [0.29, 0.717) is 33.6 Å². The summed E-state index contributed by atoms with van der Waals surface area (Å²) in [6.07, 6.45) is 1.84. The van der Waals surface area contributed by atoms with E-state index in [1.807, 2.05) is 0 Å². The standard InChI is InChI=1S/C23H24N4O4/c1-14(28)16-5-8-20-19(13-16)21(23(29)25-20)22(24-17-9-11-26(2)12-10-17)15-3-6-18(7-4-15)27(30)31/h3-8,13,17,24H,9-12H2,1-2H3,(H,25,29)/b22-21-. The fourth-order valence-corrected chi connectivity index (χ4v) is 4.04. The van der Waals surface area contributed by atoms with Crippen molar-refractivity contribution in [1.29, 1.82) is 0 Å². The molecule has 2 N–H and O–H groups in total. The van der Waals surface area contributed by atoms with E-state index in [-0.39, 0.29) is 23.4 Å². The topological polar surface area (TPSA) is 105 Å². The van der Waals surface area contributed by atoms with Gasteiger partial charge in [0.2, 0.25) is 0 Å². The average Bonchev–Trinajstić information content (AvgIpc) is 3.08. The number of anilines is 1. The van der Waals surface area contributed by atoms with E-state index < -0.39 is 4.92 Å². The van der Waals surface area contributed by atoms with Gasteiger partial charge in [-0.3, -0.25) is 19.7 Å². The second-order valence-electron chi connectivity index (χ2n) is 8.05. The number of Topliss-reactive ketones (excluding diaryl/α,β-unsaturated/α-hetero) is 1. The van der Waals surface area contributed by atoms with Crippen LogP contribution in [0.4, 0.5) is 11.4 Å². The first-order chi connectivity index (χ1) is 14.8. The number of ketones is 1. The first-order valence-corrected chi connectivity index (χ1v) is 10.2. The third-order valence-electron chi connectivity index (χ3n) is 5.85. The molecule has 0 saturated carbocycles. The van der Waals surface area contributed by atoms with Gasteiger partial charge in [-0.15, -0.1) is 0 Å². The summed E-state index contributed by atoms with van der Waals surface area (Å²) < 4.78 is 0. The maximum Gasteiger partial charge on any atom is 0.269 e. The summed E-state index contributed by atoms with van der Waals surface area (Å²) in [6, 6.07) is 11.5. The van der Waals surface area contributed by atoms with E-state index in [4.69, 9.17) is 0 Å². The Bertz CT molecular complexity index is 1080. The van der Waals surface area contributed by atoms with Crippen LogP contribution in [-0.4, -0.2) is 47.7 Å². The van der Waals surface area contributed by atoms with Crippen LogP contribution in [0.15, 0.2) is 42.5 Å². The van der Waals surface area contributed by atoms with E-state index in [0.717, 1.165) is 25.9 Å². The molecule has 160 valence electrons. The predicted octanol–water partition coefficient (Wildman–Crippen LogP) is 3.30. The molecule has 2 aromatic rings. The number of non-ortho nitro benzene ring substituents is 1. The monoisotopic (exact) mass is 420 g/mol. The number of nitrogens with one attached hydrogen (secondary N) is 2. The number of hydrogen-bond acceptors (Lipinski definition) is 6. The number of carbonyl (C=O) groups excluding carboxylic acids is 2. The number of carbonyl (C=O) groups is 2. The van der Waals surface area contributed by atoms with Crippen LogP contribution in [0.2, 0.25) is 0 Å². The lowest BCUT2D eigenvalue weighted by molar-refractivity contribution is -0.384. The average molecular weight is 420 g/mol. The van der Waals surface area contributed by atoms with Crippen LogP contribution >= 0.6 is 0 Å². The number of fused-ring (bicyclic) bond motifs is 1. The van der Waals surface area contributed by atoms with E-state index in [2.05, 4.69) is 22.6 Å². The molecule has 0 aliphatic carbocycles. The lowest BCUT2D eigenvalue weighted by Gasteiger charge is -2.31. The van der Waals surface area contributed by atoms with Crippen LogP contribution in [0.1, 0.15) is 41.3 Å². The van der Waals surface area contributed by atoms with E-state index in [9.17, 15) is 19.7 Å². The molecule has 0 atom stereocenters. The predicted molar refractivity (Wildman–Crippen MR) is 119 cm³/mol. The number of likely N-dealkylation sites (tertiary alicyclic amines) is 1. The lowest BCUT2D eigenvalue weighted by atomic mass is 9.96. The quantitative estimate of drug-likeness (QED) is 0.333. The van der Waals surface area contributed by atoms with Crippen molar-refractivity contribution in [3.05, 3.63) is 69.3 Å². The van der Waals surface area contributed by atoms with Gasteiger partial charge in [0.15, 0.2) is 5.78 Å². The number of piperidine rings is 1. The molecule has 0 spiro atoms. The molecule has 2 aliphatic heterocycles. The first kappa shape index (κ1) is 20.7. The van der Waals surface area contributed by atoms with Crippen molar-refractivity contribution in [2.45, 2.75) is 25.8 Å². The Morgan fingerprint density at radius 3 is 2.39 bits per heavy atom. The molecule has 31 heavy (non-hydrogen) atoms. The highest BCUT2D eigenvalue weighted by atomic mass is 16.6. The molecular formula is C23H24N4O4. The highest BCUT2D eigenvalue weighted by Gasteiger charge is 2.30. The van der Waals surface area contributed by atoms with E-state index in [1.54, 1.807) is 30.3 Å². The van der Waals surface area contributed by atoms with Crippen LogP contribution in [-0.2, 0) is 4.79 Å². The Hall–Kier alpha value is -3.52. The maximum atomic E-state index is 13.0. The number of rotatable bonds is 5. The van der Waals surface area contributed by atoms with Crippen LogP contribution in [0.5, 0.6) is 0 Å². The SMILES string of the molecule is CC(=O)c1ccc2c(c1)/C(=C(/NC1CCN(C)CC1)c1ccc([N+](=O)[O-])cc1)C(=O)N2. The van der Waals surface area contributed by atoms with Crippen molar-refractivity contribution in [3.8, 4) is 0 Å². The zero-order valence-corrected chi connectivity index (χ0v) is 17.5. The van der Waals surface area contributed by atoms with Crippen molar-refractivity contribution < 1.29 is 14.5 Å². The molecule has 8 nitrogen and oxygen atoms in total. The molecule has 2 aliphatic rings. The Morgan fingerprint density at radius 2 is 1.77 bits per heavy atom. The lowest BCUT2D eigenvalue weighted by Crippen LogP contribution is -2.40. The van der Waals surface area contributed by atoms with Crippen LogP contribution in [0.25, 0.3) is 11.3 Å². The van der Waals surface area contributed by atoms with Gasteiger partial charge in [0, 0.05) is 35.0 Å². The van der Waals surface area contributed by atoms with Gasteiger partial charge in [-0.05, 0) is 75.8 Å². The molecule has 2 aromatic carbocycles. The molecule has 1 fully saturated rings. The third-order valence-corrected chi connectivity index (χ3v) is 5.85. The van der Waals surface area contributed by atoms with Gasteiger partial charge in [-0.1, -0.05) is 0 Å². The largest absolute Gasteiger partial charge is 0.381 e. The summed E-state index contributed by atoms with van der Waals surface area (Å²) in [4.78, 5) is 37.8. The normalized spacial score (nSPS) is 18.3. The molecule has 2 heterocycles. The van der Waals surface area contributed by atoms with Gasteiger partial charge >= 0.3 is 0 Å². The first-order valence-electron chi connectivity index (χ1n) is 10.2. The van der Waals surface area contributed by atoms with Crippen LogP contribution in [0, 0.1) is 10.1 Å². The molecule has 0 unspecified atom stereocenters. The molecule has 4 rings (SSSR count). The molecule has 0 aromatic heterocycles. The van der Waals surface area contributed by atoms with Crippen molar-refractivity contribution in [3.63, 3.8) is 0 Å². The number of amides is 1. The fraction of sp³-hybridized carbons (Fsp3) is 0.304. The highest BCUT2D eigenvalue weighted by molar-refractivity contribution is 6.36. The number of nitrogens with zero attached hydrogens (tertiary/aromatic N) is 2. The van der Waals surface area contributed by atoms with Gasteiger partial charge in [-0.25, -0.2) is 0 Å². The van der Waals surface area contributed by atoms with Gasteiger partial charge in [0.1, 0.15) is 0 Å². The molecule has 0 radical (unpaired) electrons. The number of benzene rings is 2. The summed E-state index contributed by atoms with van der Waals surface area (Å²) in [5, 5.41) is 17.5. The summed E-state index contributed by atoms with van der Waals surface area (Å²) in [7, 11) is 2.08.